The topological polar surface area (TPSA) is 46.8 Å². The Hall–Kier alpha value is -2.21. The Balaban J connectivity index is 1.45. The lowest BCUT2D eigenvalue weighted by Gasteiger charge is -2.31. The highest BCUT2D eigenvalue weighted by Gasteiger charge is 2.22. The average molecular weight is 311 g/mol. The summed E-state index contributed by atoms with van der Waals surface area (Å²) in [5.74, 6) is 0. The van der Waals surface area contributed by atoms with Gasteiger partial charge < -0.3 is 4.90 Å². The van der Waals surface area contributed by atoms with Crippen LogP contribution in [0.5, 0.6) is 0 Å². The Morgan fingerprint density at radius 3 is 2.64 bits per heavy atom. The minimum absolute atomic E-state index is 0.465. The minimum Gasteiger partial charge on any atom is -0.348 e. The Bertz CT molecular complexity index is 714. The second-order valence-corrected chi connectivity index (χ2v) is 6.31. The zero-order valence-corrected chi connectivity index (χ0v) is 13.0. The molecule has 3 aromatic rings. The Labute approximate surface area is 133 Å². The van der Waals surface area contributed by atoms with Gasteiger partial charge in [0.05, 0.1) is 11.7 Å². The van der Waals surface area contributed by atoms with Gasteiger partial charge in [0, 0.05) is 24.0 Å². The molecule has 5 nitrogen and oxygen atoms in total. The average Bonchev–Trinajstić information content (AvgIpc) is 3.28. The van der Waals surface area contributed by atoms with Gasteiger partial charge in [-0.25, -0.2) is 14.6 Å². The van der Waals surface area contributed by atoms with Gasteiger partial charge in [-0.3, -0.25) is 0 Å². The van der Waals surface area contributed by atoms with Crippen molar-refractivity contribution in [2.45, 2.75) is 18.9 Å². The number of nitrogens with zero attached hydrogens (tertiary/aromatic N) is 5. The molecule has 1 aliphatic heterocycles. The van der Waals surface area contributed by atoms with E-state index in [0.717, 1.165) is 36.8 Å². The maximum absolute atomic E-state index is 4.80. The fourth-order valence-corrected chi connectivity index (χ4v) is 3.77. The lowest BCUT2D eigenvalue weighted by molar-refractivity contribution is 0.366. The second kappa shape index (κ2) is 5.88. The maximum Gasteiger partial charge on any atom is 0.185 e. The van der Waals surface area contributed by atoms with Crippen molar-refractivity contribution in [3.05, 3.63) is 48.4 Å². The molecule has 1 aromatic carbocycles. The third-order valence-corrected chi connectivity index (χ3v) is 5.01. The summed E-state index contributed by atoms with van der Waals surface area (Å²) in [6.07, 6.45) is 5.60. The van der Waals surface area contributed by atoms with Crippen LogP contribution in [-0.4, -0.2) is 32.8 Å². The van der Waals surface area contributed by atoms with Gasteiger partial charge in [0.1, 0.15) is 12.7 Å². The van der Waals surface area contributed by atoms with Crippen molar-refractivity contribution >= 4 is 16.5 Å². The number of hydrogen-bond acceptors (Lipinski definition) is 5. The first-order valence-corrected chi connectivity index (χ1v) is 8.38. The lowest BCUT2D eigenvalue weighted by atomic mass is 10.1. The fourth-order valence-electron chi connectivity index (χ4n) is 2.88. The lowest BCUT2D eigenvalue weighted by Crippen LogP contribution is -2.34. The molecule has 0 spiro atoms. The Morgan fingerprint density at radius 1 is 1.09 bits per heavy atom. The van der Waals surface area contributed by atoms with Crippen LogP contribution in [0.25, 0.3) is 11.3 Å². The molecule has 2 aromatic heterocycles. The van der Waals surface area contributed by atoms with Crippen molar-refractivity contribution in [3.63, 3.8) is 0 Å². The summed E-state index contributed by atoms with van der Waals surface area (Å²) in [4.78, 5) is 11.2. The van der Waals surface area contributed by atoms with Crippen LogP contribution in [-0.2, 0) is 0 Å². The maximum atomic E-state index is 4.80. The number of rotatable bonds is 3. The highest BCUT2D eigenvalue weighted by atomic mass is 32.1. The first-order valence-electron chi connectivity index (χ1n) is 7.50. The smallest absolute Gasteiger partial charge is 0.185 e. The van der Waals surface area contributed by atoms with E-state index < -0.39 is 0 Å². The normalized spacial score (nSPS) is 16.1. The van der Waals surface area contributed by atoms with E-state index in [9.17, 15) is 0 Å². The molecule has 0 atom stereocenters. The quantitative estimate of drug-likeness (QED) is 0.745. The minimum atomic E-state index is 0.465. The summed E-state index contributed by atoms with van der Waals surface area (Å²) in [7, 11) is 0. The number of benzene rings is 1. The van der Waals surface area contributed by atoms with E-state index in [1.54, 1.807) is 17.7 Å². The van der Waals surface area contributed by atoms with E-state index in [0.29, 0.717) is 6.04 Å². The van der Waals surface area contributed by atoms with Crippen molar-refractivity contribution in [2.24, 2.45) is 0 Å². The van der Waals surface area contributed by atoms with Crippen LogP contribution in [0, 0.1) is 0 Å². The van der Waals surface area contributed by atoms with Crippen LogP contribution in [0.1, 0.15) is 18.9 Å². The summed E-state index contributed by atoms with van der Waals surface area (Å²) in [5, 5.41) is 7.52. The fraction of sp³-hybridized carbons (Fsp3) is 0.312. The van der Waals surface area contributed by atoms with E-state index >= 15 is 0 Å². The molecule has 1 aliphatic rings. The molecule has 0 unspecified atom stereocenters. The summed E-state index contributed by atoms with van der Waals surface area (Å²) >= 11 is 1.73. The summed E-state index contributed by atoms with van der Waals surface area (Å²) in [6.45, 7) is 2.04. The van der Waals surface area contributed by atoms with Crippen LogP contribution >= 0.6 is 11.3 Å². The Morgan fingerprint density at radius 2 is 1.91 bits per heavy atom. The second-order valence-electron chi connectivity index (χ2n) is 5.48. The molecule has 0 aliphatic carbocycles. The third-order valence-electron chi connectivity index (χ3n) is 4.11. The van der Waals surface area contributed by atoms with E-state index in [4.69, 9.17) is 4.98 Å². The molecule has 1 fully saturated rings. The SMILES string of the molecule is c1ccc(-c2csc(N3CCC(n4cncn4)CC3)n2)cc1. The first kappa shape index (κ1) is 13.5. The van der Waals surface area contributed by atoms with Crippen LogP contribution in [0.2, 0.25) is 0 Å². The number of aromatic nitrogens is 4. The molecular formula is C16H17N5S. The number of thiazole rings is 1. The molecule has 6 heteroatoms. The molecular weight excluding hydrogens is 294 g/mol. The summed E-state index contributed by atoms with van der Waals surface area (Å²) in [5.41, 5.74) is 2.25. The van der Waals surface area contributed by atoms with Crippen molar-refractivity contribution in [1.29, 1.82) is 0 Å². The van der Waals surface area contributed by atoms with Crippen LogP contribution in [0.15, 0.2) is 48.4 Å². The van der Waals surface area contributed by atoms with Gasteiger partial charge in [0.15, 0.2) is 5.13 Å². The highest BCUT2D eigenvalue weighted by molar-refractivity contribution is 7.14. The van der Waals surface area contributed by atoms with Crippen LogP contribution < -0.4 is 4.90 Å². The van der Waals surface area contributed by atoms with E-state index in [1.807, 2.05) is 17.1 Å². The van der Waals surface area contributed by atoms with Gasteiger partial charge in [0.2, 0.25) is 0 Å². The number of hydrogen-bond donors (Lipinski definition) is 0. The first-order chi connectivity index (χ1) is 10.9. The molecule has 0 saturated carbocycles. The predicted molar refractivity (Wildman–Crippen MR) is 88.1 cm³/mol. The molecule has 1 saturated heterocycles. The van der Waals surface area contributed by atoms with E-state index in [1.165, 1.54) is 5.56 Å². The van der Waals surface area contributed by atoms with Gasteiger partial charge in [-0.05, 0) is 12.8 Å². The summed E-state index contributed by atoms with van der Waals surface area (Å²) in [6, 6.07) is 10.8. The molecule has 0 amide bonds. The molecule has 0 bridgehead atoms. The highest BCUT2D eigenvalue weighted by Crippen LogP contribution is 2.31. The van der Waals surface area contributed by atoms with Gasteiger partial charge >= 0.3 is 0 Å². The third kappa shape index (κ3) is 2.62. The molecule has 3 heterocycles. The molecule has 22 heavy (non-hydrogen) atoms. The van der Waals surface area contributed by atoms with Gasteiger partial charge in [-0.15, -0.1) is 11.3 Å². The van der Waals surface area contributed by atoms with Crippen molar-refractivity contribution in [1.82, 2.24) is 19.7 Å². The van der Waals surface area contributed by atoms with Crippen molar-refractivity contribution in [2.75, 3.05) is 18.0 Å². The monoisotopic (exact) mass is 311 g/mol. The molecule has 0 N–H and O–H groups in total. The van der Waals surface area contributed by atoms with Gasteiger partial charge in [-0.2, -0.15) is 5.10 Å². The van der Waals surface area contributed by atoms with Gasteiger partial charge in [0.25, 0.3) is 0 Å². The number of piperidine rings is 1. The van der Waals surface area contributed by atoms with Crippen LogP contribution in [0.3, 0.4) is 0 Å². The van der Waals surface area contributed by atoms with Crippen molar-refractivity contribution in [3.8, 4) is 11.3 Å². The van der Waals surface area contributed by atoms with Gasteiger partial charge in [-0.1, -0.05) is 30.3 Å². The van der Waals surface area contributed by atoms with E-state index in [2.05, 4.69) is 44.6 Å². The molecule has 0 radical (unpaired) electrons. The summed E-state index contributed by atoms with van der Waals surface area (Å²) < 4.78 is 1.98. The predicted octanol–water partition coefficient (Wildman–Crippen LogP) is 3.24. The standard InChI is InChI=1S/C16H17N5S/c1-2-4-13(5-3-1)15-10-22-16(19-15)20-8-6-14(7-9-20)21-12-17-11-18-21/h1-5,10-12,14H,6-9H2. The van der Waals surface area contributed by atoms with Crippen molar-refractivity contribution < 1.29 is 0 Å². The molecule has 4 rings (SSSR count). The van der Waals surface area contributed by atoms with Crippen LogP contribution in [0.4, 0.5) is 5.13 Å². The zero-order valence-electron chi connectivity index (χ0n) is 12.2. The largest absolute Gasteiger partial charge is 0.348 e. The zero-order chi connectivity index (χ0) is 14.8. The Kier molecular flexibility index (Phi) is 3.60. The van der Waals surface area contributed by atoms with E-state index in [-0.39, 0.29) is 0 Å². The number of anilines is 1. The molecule has 112 valence electrons.